The van der Waals surface area contributed by atoms with E-state index in [4.69, 9.17) is 4.42 Å². The molecule has 1 atom stereocenters. The monoisotopic (exact) mass is 281 g/mol. The van der Waals surface area contributed by atoms with Gasteiger partial charge in [0.15, 0.2) is 0 Å². The van der Waals surface area contributed by atoms with Gasteiger partial charge < -0.3 is 4.42 Å². The highest BCUT2D eigenvalue weighted by Crippen LogP contribution is 2.36. The molecular weight excluding hydrogens is 266 g/mol. The summed E-state index contributed by atoms with van der Waals surface area (Å²) in [5, 5.41) is 6.46. The van der Waals surface area contributed by atoms with Gasteiger partial charge in [-0.15, -0.1) is 0 Å². The Morgan fingerprint density at radius 3 is 3.00 bits per heavy atom. The molecular formula is C12H15N3O3S. The number of hydrogen-bond acceptors (Lipinski definition) is 4. The normalized spacial score (nSPS) is 21.0. The van der Waals surface area contributed by atoms with Crippen molar-refractivity contribution >= 4 is 10.0 Å². The Bertz CT molecular complexity index is 660. The molecule has 2 aromatic rings. The number of aromatic nitrogens is 2. The highest BCUT2D eigenvalue weighted by atomic mass is 32.2. The number of rotatable bonds is 3. The standard InChI is InChI=1S/C12H15N3O3S/c1-9-12(8-13-14-9)19(16,17)15-6-2-4-10(15)11-5-3-7-18-11/h3,5,7-8,10H,2,4,6H2,1H3,(H,13,14). The van der Waals surface area contributed by atoms with Crippen LogP contribution in [0.15, 0.2) is 33.9 Å². The van der Waals surface area contributed by atoms with Crippen LogP contribution < -0.4 is 0 Å². The van der Waals surface area contributed by atoms with E-state index in [1.807, 2.05) is 6.07 Å². The van der Waals surface area contributed by atoms with Crippen molar-refractivity contribution in [3.8, 4) is 0 Å². The minimum atomic E-state index is -3.52. The molecule has 0 radical (unpaired) electrons. The lowest BCUT2D eigenvalue weighted by molar-refractivity contribution is 0.339. The van der Waals surface area contributed by atoms with Crippen molar-refractivity contribution in [1.29, 1.82) is 0 Å². The zero-order chi connectivity index (χ0) is 13.5. The molecule has 7 heteroatoms. The lowest BCUT2D eigenvalue weighted by Crippen LogP contribution is -2.30. The summed E-state index contributed by atoms with van der Waals surface area (Å²) in [5.74, 6) is 0.697. The zero-order valence-electron chi connectivity index (χ0n) is 10.5. The van der Waals surface area contributed by atoms with Crippen LogP contribution >= 0.6 is 0 Å². The summed E-state index contributed by atoms with van der Waals surface area (Å²) in [6.45, 7) is 2.22. The lowest BCUT2D eigenvalue weighted by atomic mass is 10.2. The second-order valence-electron chi connectivity index (χ2n) is 4.65. The van der Waals surface area contributed by atoms with Gasteiger partial charge >= 0.3 is 0 Å². The number of furan rings is 1. The van der Waals surface area contributed by atoms with Crippen molar-refractivity contribution in [2.45, 2.75) is 30.7 Å². The van der Waals surface area contributed by atoms with Gasteiger partial charge in [0.05, 0.1) is 24.2 Å². The van der Waals surface area contributed by atoms with Crippen molar-refractivity contribution in [1.82, 2.24) is 14.5 Å². The molecule has 0 aliphatic carbocycles. The quantitative estimate of drug-likeness (QED) is 0.931. The van der Waals surface area contributed by atoms with Gasteiger partial charge in [-0.25, -0.2) is 8.42 Å². The van der Waals surface area contributed by atoms with Crippen LogP contribution in [0.4, 0.5) is 0 Å². The number of aromatic amines is 1. The van der Waals surface area contributed by atoms with Gasteiger partial charge in [-0.1, -0.05) is 0 Å². The second-order valence-corrected chi connectivity index (χ2v) is 6.51. The van der Waals surface area contributed by atoms with Gasteiger partial charge in [0, 0.05) is 6.54 Å². The molecule has 1 fully saturated rings. The van der Waals surface area contributed by atoms with Crippen LogP contribution in [-0.4, -0.2) is 29.5 Å². The summed E-state index contributed by atoms with van der Waals surface area (Å²) in [5.41, 5.74) is 0.560. The average molecular weight is 281 g/mol. The third-order valence-corrected chi connectivity index (χ3v) is 5.47. The van der Waals surface area contributed by atoms with Gasteiger partial charge in [0.25, 0.3) is 0 Å². The summed E-state index contributed by atoms with van der Waals surface area (Å²) >= 11 is 0. The van der Waals surface area contributed by atoms with E-state index in [-0.39, 0.29) is 10.9 Å². The number of hydrogen-bond donors (Lipinski definition) is 1. The van der Waals surface area contributed by atoms with Crippen LogP contribution in [0.5, 0.6) is 0 Å². The van der Waals surface area contributed by atoms with Gasteiger partial charge in [-0.05, 0) is 31.9 Å². The maximum Gasteiger partial charge on any atom is 0.247 e. The van der Waals surface area contributed by atoms with Crippen molar-refractivity contribution in [3.05, 3.63) is 36.0 Å². The third-order valence-electron chi connectivity index (χ3n) is 3.45. The molecule has 3 rings (SSSR count). The SMILES string of the molecule is Cc1[nH]ncc1S(=O)(=O)N1CCCC1c1ccco1. The van der Waals surface area contributed by atoms with Crippen LogP contribution in [0, 0.1) is 6.92 Å². The molecule has 0 amide bonds. The van der Waals surface area contributed by atoms with E-state index in [0.29, 0.717) is 18.0 Å². The number of H-pyrrole nitrogens is 1. The lowest BCUT2D eigenvalue weighted by Gasteiger charge is -2.22. The molecule has 3 heterocycles. The molecule has 102 valence electrons. The van der Waals surface area contributed by atoms with Crippen molar-refractivity contribution in [2.24, 2.45) is 0 Å². The summed E-state index contributed by atoms with van der Waals surface area (Å²) < 4.78 is 32.2. The highest BCUT2D eigenvalue weighted by Gasteiger charge is 2.38. The summed E-state index contributed by atoms with van der Waals surface area (Å²) in [6, 6.07) is 3.39. The predicted octanol–water partition coefficient (Wildman–Crippen LogP) is 1.84. The fourth-order valence-corrected chi connectivity index (χ4v) is 4.30. The molecule has 0 bridgehead atoms. The third kappa shape index (κ3) is 1.98. The Hall–Kier alpha value is -1.60. The van der Waals surface area contributed by atoms with Gasteiger partial charge in [-0.3, -0.25) is 5.10 Å². The average Bonchev–Trinajstić information content (AvgIpc) is 3.09. The molecule has 1 aliphatic heterocycles. The highest BCUT2D eigenvalue weighted by molar-refractivity contribution is 7.89. The van der Waals surface area contributed by atoms with E-state index in [1.54, 1.807) is 19.3 Å². The van der Waals surface area contributed by atoms with Crippen LogP contribution in [0.3, 0.4) is 0 Å². The summed E-state index contributed by atoms with van der Waals surface area (Å²) in [6.07, 6.45) is 4.55. The Morgan fingerprint density at radius 2 is 2.37 bits per heavy atom. The van der Waals surface area contributed by atoms with Crippen molar-refractivity contribution in [2.75, 3.05) is 6.54 Å². The van der Waals surface area contributed by atoms with Gasteiger partial charge in [-0.2, -0.15) is 9.40 Å². The summed E-state index contributed by atoms with van der Waals surface area (Å²) in [4.78, 5) is 0.242. The number of aryl methyl sites for hydroxylation is 1. The minimum Gasteiger partial charge on any atom is -0.468 e. The van der Waals surface area contributed by atoms with Gasteiger partial charge in [0.2, 0.25) is 10.0 Å². The number of nitrogens with zero attached hydrogens (tertiary/aromatic N) is 2. The maximum absolute atomic E-state index is 12.6. The van der Waals surface area contributed by atoms with E-state index in [2.05, 4.69) is 10.2 Å². The largest absolute Gasteiger partial charge is 0.468 e. The van der Waals surface area contributed by atoms with E-state index in [9.17, 15) is 8.42 Å². The fraction of sp³-hybridized carbons (Fsp3) is 0.417. The van der Waals surface area contributed by atoms with Crippen LogP contribution in [-0.2, 0) is 10.0 Å². The number of nitrogens with one attached hydrogen (secondary N) is 1. The smallest absolute Gasteiger partial charge is 0.247 e. The van der Waals surface area contributed by atoms with Gasteiger partial charge in [0.1, 0.15) is 10.7 Å². The zero-order valence-corrected chi connectivity index (χ0v) is 11.4. The molecule has 1 unspecified atom stereocenters. The number of sulfonamides is 1. The second kappa shape index (κ2) is 4.50. The van der Waals surface area contributed by atoms with E-state index >= 15 is 0 Å². The molecule has 0 aromatic carbocycles. The Morgan fingerprint density at radius 1 is 1.53 bits per heavy atom. The summed E-state index contributed by atoms with van der Waals surface area (Å²) in [7, 11) is -3.52. The molecule has 6 nitrogen and oxygen atoms in total. The molecule has 2 aromatic heterocycles. The Kier molecular flexibility index (Phi) is 2.94. The predicted molar refractivity (Wildman–Crippen MR) is 67.9 cm³/mol. The van der Waals surface area contributed by atoms with E-state index in [1.165, 1.54) is 10.5 Å². The first-order valence-electron chi connectivity index (χ1n) is 6.16. The molecule has 1 aliphatic rings. The molecule has 1 saturated heterocycles. The van der Waals surface area contributed by atoms with E-state index < -0.39 is 10.0 Å². The van der Waals surface area contributed by atoms with E-state index in [0.717, 1.165) is 12.8 Å². The maximum atomic E-state index is 12.6. The first-order valence-corrected chi connectivity index (χ1v) is 7.60. The topological polar surface area (TPSA) is 79.2 Å². The molecule has 0 spiro atoms. The first-order chi connectivity index (χ1) is 9.10. The van der Waals surface area contributed by atoms with Crippen molar-refractivity contribution in [3.63, 3.8) is 0 Å². The first kappa shape index (κ1) is 12.4. The van der Waals surface area contributed by atoms with Crippen LogP contribution in [0.2, 0.25) is 0 Å². The van der Waals surface area contributed by atoms with Crippen LogP contribution in [0.1, 0.15) is 30.3 Å². The molecule has 19 heavy (non-hydrogen) atoms. The van der Waals surface area contributed by atoms with Crippen molar-refractivity contribution < 1.29 is 12.8 Å². The minimum absolute atomic E-state index is 0.214. The Labute approximate surface area is 111 Å². The molecule has 0 saturated carbocycles. The van der Waals surface area contributed by atoms with Crippen LogP contribution in [0.25, 0.3) is 0 Å². The fourth-order valence-electron chi connectivity index (χ4n) is 2.52. The Balaban J connectivity index is 1.99. The molecule has 1 N–H and O–H groups in total.